The molecule has 1 aromatic rings. The molecule has 0 radical (unpaired) electrons. The molecule has 1 atom stereocenters. The van der Waals surface area contributed by atoms with Gasteiger partial charge in [0.15, 0.2) is 5.11 Å². The van der Waals surface area contributed by atoms with Crippen molar-refractivity contribution in [3.05, 3.63) is 34.9 Å². The van der Waals surface area contributed by atoms with Crippen molar-refractivity contribution in [3.8, 4) is 0 Å². The van der Waals surface area contributed by atoms with Gasteiger partial charge in [-0.25, -0.2) is 0 Å². The van der Waals surface area contributed by atoms with E-state index >= 15 is 0 Å². The van der Waals surface area contributed by atoms with Crippen LogP contribution in [-0.2, 0) is 4.74 Å². The first-order valence-electron chi connectivity index (χ1n) is 7.17. The predicted octanol–water partition coefficient (Wildman–Crippen LogP) is 3.10. The summed E-state index contributed by atoms with van der Waals surface area (Å²) in [6.07, 6.45) is 3.26. The Hall–Kier alpha value is -1.17. The number of benzene rings is 1. The maximum absolute atomic E-state index is 6.00. The third-order valence-corrected chi connectivity index (χ3v) is 3.77. The molecule has 2 N–H and O–H groups in total. The normalized spacial score (nSPS) is 18.6. The van der Waals surface area contributed by atoms with Crippen LogP contribution < -0.4 is 10.7 Å². The molecular weight excluding hydrogens is 306 g/mol. The minimum atomic E-state index is 0.257. The summed E-state index contributed by atoms with van der Waals surface area (Å²) < 4.78 is 5.53. The van der Waals surface area contributed by atoms with Crippen LogP contribution in [-0.4, -0.2) is 30.1 Å². The highest BCUT2D eigenvalue weighted by molar-refractivity contribution is 7.80. The number of rotatable bonds is 5. The fourth-order valence-electron chi connectivity index (χ4n) is 2.19. The molecule has 4 nitrogen and oxygen atoms in total. The van der Waals surface area contributed by atoms with Crippen molar-refractivity contribution in [1.82, 2.24) is 10.7 Å². The molecule has 1 aliphatic rings. The molecule has 1 saturated heterocycles. The van der Waals surface area contributed by atoms with E-state index < -0.39 is 0 Å². The molecule has 1 heterocycles. The number of hydrogen-bond donors (Lipinski definition) is 2. The molecule has 1 aromatic carbocycles. The first kappa shape index (κ1) is 16.2. The van der Waals surface area contributed by atoms with Crippen molar-refractivity contribution in [2.75, 3.05) is 13.2 Å². The molecular formula is C15H20ClN3OS. The van der Waals surface area contributed by atoms with Crippen LogP contribution in [0.2, 0.25) is 5.02 Å². The Morgan fingerprint density at radius 1 is 1.52 bits per heavy atom. The van der Waals surface area contributed by atoms with Gasteiger partial charge in [0.25, 0.3) is 0 Å². The summed E-state index contributed by atoms with van der Waals surface area (Å²) in [5.74, 6) is 0. The van der Waals surface area contributed by atoms with Gasteiger partial charge < -0.3 is 10.1 Å². The molecule has 21 heavy (non-hydrogen) atoms. The van der Waals surface area contributed by atoms with Crippen molar-refractivity contribution in [2.45, 2.75) is 32.3 Å². The van der Waals surface area contributed by atoms with E-state index in [4.69, 9.17) is 28.6 Å². The summed E-state index contributed by atoms with van der Waals surface area (Å²) in [4.78, 5) is 0. The number of ether oxygens (including phenoxy) is 1. The van der Waals surface area contributed by atoms with Gasteiger partial charge in [0.2, 0.25) is 0 Å². The standard InChI is InChI=1S/C15H20ClN3OS/c1-2-14(11-5-3-6-12(16)9-11)18-19-15(21)17-10-13-7-4-8-20-13/h3,5-6,9,13H,2,4,7-8,10H2,1H3,(H2,17,19,21)/b18-14+. The summed E-state index contributed by atoms with van der Waals surface area (Å²) in [5.41, 5.74) is 4.80. The maximum atomic E-state index is 6.00. The first-order chi connectivity index (χ1) is 10.2. The number of hydrogen-bond acceptors (Lipinski definition) is 3. The van der Waals surface area contributed by atoms with Crippen molar-refractivity contribution in [3.63, 3.8) is 0 Å². The molecule has 1 unspecified atom stereocenters. The van der Waals surface area contributed by atoms with Crippen molar-refractivity contribution in [1.29, 1.82) is 0 Å². The molecule has 0 bridgehead atoms. The zero-order valence-electron chi connectivity index (χ0n) is 12.1. The van der Waals surface area contributed by atoms with Crippen LogP contribution in [0.25, 0.3) is 0 Å². The van der Waals surface area contributed by atoms with Gasteiger partial charge in [-0.3, -0.25) is 5.43 Å². The summed E-state index contributed by atoms with van der Waals surface area (Å²) in [6, 6.07) is 7.64. The molecule has 1 aliphatic heterocycles. The Balaban J connectivity index is 1.86. The van der Waals surface area contributed by atoms with Crippen LogP contribution in [0.15, 0.2) is 29.4 Å². The highest BCUT2D eigenvalue weighted by Gasteiger charge is 2.15. The zero-order chi connectivity index (χ0) is 15.1. The Kier molecular flexibility index (Phi) is 6.42. The largest absolute Gasteiger partial charge is 0.376 e. The molecule has 0 saturated carbocycles. The molecule has 114 valence electrons. The van der Waals surface area contributed by atoms with E-state index in [9.17, 15) is 0 Å². The predicted molar refractivity (Wildman–Crippen MR) is 91.0 cm³/mol. The van der Waals surface area contributed by atoms with Gasteiger partial charge in [-0.1, -0.05) is 30.7 Å². The Morgan fingerprint density at radius 2 is 2.38 bits per heavy atom. The lowest BCUT2D eigenvalue weighted by Crippen LogP contribution is -2.37. The molecule has 1 fully saturated rings. The van der Waals surface area contributed by atoms with Gasteiger partial charge in [-0.15, -0.1) is 0 Å². The van der Waals surface area contributed by atoms with Crippen LogP contribution in [0.4, 0.5) is 0 Å². The van der Waals surface area contributed by atoms with Gasteiger partial charge in [-0.2, -0.15) is 5.10 Å². The zero-order valence-corrected chi connectivity index (χ0v) is 13.6. The Labute approximate surface area is 135 Å². The van der Waals surface area contributed by atoms with E-state index in [0.29, 0.717) is 10.1 Å². The molecule has 0 aliphatic carbocycles. The van der Waals surface area contributed by atoms with E-state index in [0.717, 1.165) is 43.7 Å². The average Bonchev–Trinajstić information content (AvgIpc) is 2.99. The minimum absolute atomic E-state index is 0.257. The molecule has 0 amide bonds. The Morgan fingerprint density at radius 3 is 3.05 bits per heavy atom. The van der Waals surface area contributed by atoms with E-state index in [1.54, 1.807) is 0 Å². The molecule has 0 spiro atoms. The summed E-state index contributed by atoms with van der Waals surface area (Å²) in [5, 5.41) is 8.71. The summed E-state index contributed by atoms with van der Waals surface area (Å²) in [6.45, 7) is 3.61. The highest BCUT2D eigenvalue weighted by atomic mass is 35.5. The second kappa shape index (κ2) is 8.32. The number of nitrogens with zero attached hydrogens (tertiary/aromatic N) is 1. The van der Waals surface area contributed by atoms with Gasteiger partial charge >= 0.3 is 0 Å². The van der Waals surface area contributed by atoms with Gasteiger partial charge in [0.05, 0.1) is 11.8 Å². The third kappa shape index (κ3) is 5.26. The van der Waals surface area contributed by atoms with Crippen LogP contribution in [0.3, 0.4) is 0 Å². The SMILES string of the molecule is CC/C(=N\NC(=S)NCC1CCCO1)c1cccc(Cl)c1. The minimum Gasteiger partial charge on any atom is -0.376 e. The van der Waals surface area contributed by atoms with E-state index in [2.05, 4.69) is 15.8 Å². The fraction of sp³-hybridized carbons (Fsp3) is 0.467. The quantitative estimate of drug-likeness (QED) is 0.496. The van der Waals surface area contributed by atoms with Crippen LogP contribution in [0.1, 0.15) is 31.7 Å². The second-order valence-electron chi connectivity index (χ2n) is 4.88. The van der Waals surface area contributed by atoms with E-state index in [1.165, 1.54) is 0 Å². The van der Waals surface area contributed by atoms with Gasteiger partial charge in [0, 0.05) is 18.2 Å². The lowest BCUT2D eigenvalue weighted by Gasteiger charge is -2.12. The summed E-state index contributed by atoms with van der Waals surface area (Å²) >= 11 is 11.2. The fourth-order valence-corrected chi connectivity index (χ4v) is 2.50. The number of halogens is 1. The maximum Gasteiger partial charge on any atom is 0.187 e. The number of hydrazone groups is 1. The van der Waals surface area contributed by atoms with Crippen LogP contribution >= 0.6 is 23.8 Å². The number of thiocarbonyl (C=S) groups is 1. The van der Waals surface area contributed by atoms with E-state index in [1.807, 2.05) is 31.2 Å². The average molecular weight is 326 g/mol. The number of nitrogens with one attached hydrogen (secondary N) is 2. The summed E-state index contributed by atoms with van der Waals surface area (Å²) in [7, 11) is 0. The van der Waals surface area contributed by atoms with Crippen LogP contribution in [0, 0.1) is 0 Å². The monoisotopic (exact) mass is 325 g/mol. The second-order valence-corrected chi connectivity index (χ2v) is 5.72. The molecule has 2 rings (SSSR count). The Bertz CT molecular complexity index is 515. The highest BCUT2D eigenvalue weighted by Crippen LogP contribution is 2.13. The lowest BCUT2D eigenvalue weighted by atomic mass is 10.1. The van der Waals surface area contributed by atoms with Crippen molar-refractivity contribution in [2.24, 2.45) is 5.10 Å². The third-order valence-electron chi connectivity index (χ3n) is 3.30. The van der Waals surface area contributed by atoms with Gasteiger partial charge in [0.1, 0.15) is 0 Å². The topological polar surface area (TPSA) is 45.7 Å². The first-order valence-corrected chi connectivity index (χ1v) is 7.95. The van der Waals surface area contributed by atoms with Crippen molar-refractivity contribution >= 4 is 34.6 Å². The smallest absolute Gasteiger partial charge is 0.187 e. The molecule has 0 aromatic heterocycles. The van der Waals surface area contributed by atoms with E-state index in [-0.39, 0.29) is 6.10 Å². The lowest BCUT2D eigenvalue weighted by molar-refractivity contribution is 0.114. The van der Waals surface area contributed by atoms with Gasteiger partial charge in [-0.05, 0) is 49.2 Å². The molecule has 6 heteroatoms. The van der Waals surface area contributed by atoms with Crippen LogP contribution in [0.5, 0.6) is 0 Å². The van der Waals surface area contributed by atoms with Crippen molar-refractivity contribution < 1.29 is 4.74 Å².